The summed E-state index contributed by atoms with van der Waals surface area (Å²) in [5.74, 6) is 1.84. The van der Waals surface area contributed by atoms with Crippen molar-refractivity contribution in [2.45, 2.75) is 58.3 Å². The van der Waals surface area contributed by atoms with Gasteiger partial charge < -0.3 is 0 Å². The normalized spacial score (nSPS) is 11.2. The highest BCUT2D eigenvalue weighted by Gasteiger charge is 1.88. The van der Waals surface area contributed by atoms with Crippen LogP contribution in [-0.4, -0.2) is 0 Å². The first-order chi connectivity index (χ1) is 5.91. The smallest absolute Gasteiger partial charge is 0.0146 e. The molecule has 0 aliphatic carbocycles. The Kier molecular flexibility index (Phi) is 11.3. The van der Waals surface area contributed by atoms with E-state index in [1.54, 1.807) is 0 Å². The van der Waals surface area contributed by atoms with Crippen molar-refractivity contribution >= 4 is 9.24 Å². The fourth-order valence-corrected chi connectivity index (χ4v) is 1.44. The molecule has 0 unspecified atom stereocenters. The van der Waals surface area contributed by atoms with Crippen molar-refractivity contribution in [3.63, 3.8) is 0 Å². The van der Waals surface area contributed by atoms with Crippen molar-refractivity contribution in [1.29, 1.82) is 0 Å². The zero-order valence-corrected chi connectivity index (χ0v) is 9.15. The third-order valence-corrected chi connectivity index (χ3v) is 2.29. The number of unbranched alkanes of at least 4 members (excludes halogenated alkanes) is 7. The molecule has 0 heterocycles. The lowest BCUT2D eigenvalue weighted by atomic mass is 10.1. The average molecular weight is 184 g/mol. The summed E-state index contributed by atoms with van der Waals surface area (Å²) in [4.78, 5) is 0. The number of rotatable bonds is 8. The van der Waals surface area contributed by atoms with Gasteiger partial charge in [-0.3, -0.25) is 0 Å². The van der Waals surface area contributed by atoms with Gasteiger partial charge in [-0.1, -0.05) is 57.3 Å². The standard InChI is InChI=1S/C11H21P/c1-2-3-4-5-6-7-8-9-10-11-12/h10-11H,2-9H2,1H3. The Morgan fingerprint density at radius 3 is 2.08 bits per heavy atom. The highest BCUT2D eigenvalue weighted by atomic mass is 31.0. The summed E-state index contributed by atoms with van der Waals surface area (Å²) in [6.07, 6.45) is 13.1. The lowest BCUT2D eigenvalue weighted by Gasteiger charge is -1.98. The minimum atomic E-state index is 1.21. The second-order valence-corrected chi connectivity index (χ2v) is 3.59. The van der Waals surface area contributed by atoms with E-state index < -0.39 is 0 Å². The van der Waals surface area contributed by atoms with Gasteiger partial charge in [0.1, 0.15) is 0 Å². The predicted octanol–water partition coefficient (Wildman–Crippen LogP) is 5.05. The van der Waals surface area contributed by atoms with E-state index >= 15 is 0 Å². The maximum atomic E-state index is 4.01. The van der Waals surface area contributed by atoms with Crippen molar-refractivity contribution in [2.24, 2.45) is 0 Å². The van der Waals surface area contributed by atoms with Crippen LogP contribution < -0.4 is 0 Å². The van der Waals surface area contributed by atoms with E-state index in [1.165, 1.54) is 51.4 Å². The van der Waals surface area contributed by atoms with E-state index in [2.05, 4.69) is 22.2 Å². The summed E-state index contributed by atoms with van der Waals surface area (Å²) in [6.45, 7) is 2.26. The summed E-state index contributed by atoms with van der Waals surface area (Å²) in [7, 11) is 4.01. The summed E-state index contributed by atoms with van der Waals surface area (Å²) in [5.41, 5.74) is 0. The van der Waals surface area contributed by atoms with Gasteiger partial charge in [0.15, 0.2) is 0 Å². The molecular formula is C11H21P. The fraction of sp³-hybridized carbons (Fsp3) is 0.818. The molecule has 2 radical (unpaired) electrons. The molecule has 0 atom stereocenters. The molecule has 0 aromatic heterocycles. The Morgan fingerprint density at radius 2 is 1.50 bits per heavy atom. The van der Waals surface area contributed by atoms with Gasteiger partial charge in [-0.05, 0) is 22.1 Å². The summed E-state index contributed by atoms with van der Waals surface area (Å²) >= 11 is 0. The highest BCUT2D eigenvalue weighted by molar-refractivity contribution is 7.20. The third kappa shape index (κ3) is 10.2. The van der Waals surface area contributed by atoms with Crippen LogP contribution >= 0.6 is 9.24 Å². The molecule has 0 bridgehead atoms. The molecule has 0 aliphatic rings. The average Bonchev–Trinajstić information content (AvgIpc) is 2.10. The summed E-state index contributed by atoms with van der Waals surface area (Å²) < 4.78 is 0. The van der Waals surface area contributed by atoms with E-state index in [4.69, 9.17) is 0 Å². The van der Waals surface area contributed by atoms with Gasteiger partial charge in [0.05, 0.1) is 0 Å². The van der Waals surface area contributed by atoms with Gasteiger partial charge >= 0.3 is 0 Å². The van der Waals surface area contributed by atoms with Gasteiger partial charge in [-0.25, -0.2) is 0 Å². The lowest BCUT2D eigenvalue weighted by molar-refractivity contribution is 0.592. The van der Waals surface area contributed by atoms with Gasteiger partial charge in [-0.2, -0.15) is 0 Å². The first-order valence-corrected chi connectivity index (χ1v) is 5.72. The molecule has 0 spiro atoms. The van der Waals surface area contributed by atoms with Crippen LogP contribution in [0.5, 0.6) is 0 Å². The van der Waals surface area contributed by atoms with Crippen molar-refractivity contribution in [3.8, 4) is 0 Å². The highest BCUT2D eigenvalue weighted by Crippen LogP contribution is 2.08. The zero-order valence-electron chi connectivity index (χ0n) is 8.26. The first-order valence-electron chi connectivity index (χ1n) is 5.21. The Morgan fingerprint density at radius 1 is 0.917 bits per heavy atom. The second kappa shape index (κ2) is 11.2. The van der Waals surface area contributed by atoms with Crippen LogP contribution in [0.2, 0.25) is 0 Å². The quantitative estimate of drug-likeness (QED) is 0.365. The van der Waals surface area contributed by atoms with E-state index in [-0.39, 0.29) is 0 Å². The lowest BCUT2D eigenvalue weighted by Crippen LogP contribution is -1.78. The summed E-state index contributed by atoms with van der Waals surface area (Å²) in [6, 6.07) is 0. The van der Waals surface area contributed by atoms with Gasteiger partial charge in [0.2, 0.25) is 0 Å². The molecular weight excluding hydrogens is 163 g/mol. The SMILES string of the molecule is CCCCCCCCCC=C[P]. The van der Waals surface area contributed by atoms with Crippen molar-refractivity contribution in [3.05, 3.63) is 11.9 Å². The second-order valence-electron chi connectivity index (χ2n) is 3.29. The summed E-state index contributed by atoms with van der Waals surface area (Å²) in [5, 5.41) is 0. The van der Waals surface area contributed by atoms with Crippen LogP contribution in [0, 0.1) is 0 Å². The van der Waals surface area contributed by atoms with Gasteiger partial charge in [0, 0.05) is 0 Å². The number of hydrogen-bond donors (Lipinski definition) is 0. The van der Waals surface area contributed by atoms with E-state index in [0.717, 1.165) is 0 Å². The molecule has 0 aromatic carbocycles. The Balaban J connectivity index is 2.81. The maximum Gasteiger partial charge on any atom is -0.0146 e. The molecule has 0 N–H and O–H groups in total. The third-order valence-electron chi connectivity index (χ3n) is 2.08. The molecule has 0 aliphatic heterocycles. The van der Waals surface area contributed by atoms with Crippen molar-refractivity contribution < 1.29 is 0 Å². The minimum absolute atomic E-state index is 1.21. The van der Waals surface area contributed by atoms with Crippen molar-refractivity contribution in [1.82, 2.24) is 0 Å². The Bertz CT molecular complexity index is 97.2. The molecule has 12 heavy (non-hydrogen) atoms. The molecule has 0 saturated heterocycles. The fourth-order valence-electron chi connectivity index (χ4n) is 1.29. The Labute approximate surface area is 80.0 Å². The molecule has 0 saturated carbocycles. The van der Waals surface area contributed by atoms with E-state index in [1.807, 2.05) is 5.82 Å². The first kappa shape index (κ1) is 12.2. The molecule has 70 valence electrons. The van der Waals surface area contributed by atoms with Crippen LogP contribution in [0.3, 0.4) is 0 Å². The van der Waals surface area contributed by atoms with Crippen LogP contribution in [0.1, 0.15) is 58.3 Å². The van der Waals surface area contributed by atoms with Crippen LogP contribution in [-0.2, 0) is 0 Å². The van der Waals surface area contributed by atoms with Crippen LogP contribution in [0.15, 0.2) is 11.9 Å². The monoisotopic (exact) mass is 184 g/mol. The molecule has 1 heteroatoms. The number of allylic oxidation sites excluding steroid dienone is 1. The number of hydrogen-bond acceptors (Lipinski definition) is 0. The Hall–Kier alpha value is 0.170. The van der Waals surface area contributed by atoms with Gasteiger partial charge in [-0.15, -0.1) is 0 Å². The molecule has 0 amide bonds. The van der Waals surface area contributed by atoms with Crippen LogP contribution in [0.25, 0.3) is 0 Å². The topological polar surface area (TPSA) is 0 Å². The predicted molar refractivity (Wildman–Crippen MR) is 58.7 cm³/mol. The molecule has 0 aromatic rings. The zero-order chi connectivity index (χ0) is 9.07. The molecule has 0 nitrogen and oxygen atoms in total. The largest absolute Gasteiger partial charge is 0.0834 e. The van der Waals surface area contributed by atoms with Gasteiger partial charge in [0.25, 0.3) is 0 Å². The van der Waals surface area contributed by atoms with E-state index in [0.29, 0.717) is 0 Å². The van der Waals surface area contributed by atoms with Crippen LogP contribution in [0.4, 0.5) is 0 Å². The van der Waals surface area contributed by atoms with E-state index in [9.17, 15) is 0 Å². The van der Waals surface area contributed by atoms with Crippen molar-refractivity contribution in [2.75, 3.05) is 0 Å². The molecule has 0 fully saturated rings. The maximum absolute atomic E-state index is 4.01. The molecule has 0 rings (SSSR count). The minimum Gasteiger partial charge on any atom is -0.0834 e.